The third-order valence-corrected chi connectivity index (χ3v) is 6.83. The van der Waals surface area contributed by atoms with E-state index in [9.17, 15) is 0 Å². The highest BCUT2D eigenvalue weighted by molar-refractivity contribution is 7.99. The first-order valence-corrected chi connectivity index (χ1v) is 10.6. The smallest absolute Gasteiger partial charge is 0.189 e. The largest absolute Gasteiger partial charge is 0.215 e. The molecule has 2 aromatic heterocycles. The molecule has 2 nitrogen and oxygen atoms in total. The Morgan fingerprint density at radius 3 is 2.52 bits per heavy atom. The number of aromatic nitrogens is 2. The van der Waals surface area contributed by atoms with Gasteiger partial charge in [0, 0.05) is 10.3 Å². The fourth-order valence-electron chi connectivity index (χ4n) is 3.10. The van der Waals surface area contributed by atoms with Crippen molar-refractivity contribution in [3.63, 3.8) is 0 Å². The fourth-order valence-corrected chi connectivity index (χ4v) is 5.55. The molecule has 0 aromatic carbocycles. The number of fused-ring (bicyclic) bond motifs is 3. The summed E-state index contributed by atoms with van der Waals surface area (Å²) in [4.78, 5) is 12.2. The van der Waals surface area contributed by atoms with Crippen molar-refractivity contribution in [3.05, 3.63) is 10.4 Å². The maximum absolute atomic E-state index is 4.75. The summed E-state index contributed by atoms with van der Waals surface area (Å²) in [6.45, 7) is 7.11. The maximum Gasteiger partial charge on any atom is 0.189 e. The zero-order valence-corrected chi connectivity index (χ0v) is 15.8. The number of hydrogen-bond donors (Lipinski definition) is 0. The highest BCUT2D eigenvalue weighted by atomic mass is 32.2. The van der Waals surface area contributed by atoms with Crippen molar-refractivity contribution in [1.82, 2.24) is 9.97 Å². The number of rotatable bonds is 2. The van der Waals surface area contributed by atoms with Crippen molar-refractivity contribution >= 4 is 45.1 Å². The van der Waals surface area contributed by atoms with E-state index in [0.29, 0.717) is 5.41 Å². The number of aryl methyl sites for hydroxylation is 1. The molecular formula is C16H22N2S3. The van der Waals surface area contributed by atoms with Crippen LogP contribution in [-0.2, 0) is 12.8 Å². The SMILES string of the molecule is CSc1nc(SC)c2c3c(sc2n1)CC(C(C)(C)C)CC3. The molecular weight excluding hydrogens is 316 g/mol. The molecule has 0 spiro atoms. The van der Waals surface area contributed by atoms with Crippen LogP contribution in [-0.4, -0.2) is 22.5 Å². The Morgan fingerprint density at radius 2 is 1.90 bits per heavy atom. The molecule has 114 valence electrons. The third kappa shape index (κ3) is 2.84. The molecule has 0 bridgehead atoms. The average Bonchev–Trinajstić information content (AvgIpc) is 2.82. The molecule has 0 saturated heterocycles. The van der Waals surface area contributed by atoms with Crippen LogP contribution in [0.15, 0.2) is 10.2 Å². The van der Waals surface area contributed by atoms with Crippen LogP contribution in [0.4, 0.5) is 0 Å². The lowest BCUT2D eigenvalue weighted by molar-refractivity contribution is 0.218. The molecule has 0 saturated carbocycles. The Bertz CT molecular complexity index is 670. The van der Waals surface area contributed by atoms with Gasteiger partial charge in [0.05, 0.1) is 0 Å². The van der Waals surface area contributed by atoms with Gasteiger partial charge in [0.1, 0.15) is 9.86 Å². The molecule has 0 amide bonds. The summed E-state index contributed by atoms with van der Waals surface area (Å²) in [5.41, 5.74) is 1.93. The van der Waals surface area contributed by atoms with Crippen LogP contribution < -0.4 is 0 Å². The van der Waals surface area contributed by atoms with E-state index in [-0.39, 0.29) is 0 Å². The van der Waals surface area contributed by atoms with E-state index in [4.69, 9.17) is 9.97 Å². The number of thioether (sulfide) groups is 2. The van der Waals surface area contributed by atoms with Gasteiger partial charge in [0.2, 0.25) is 0 Å². The van der Waals surface area contributed by atoms with E-state index in [2.05, 4.69) is 33.3 Å². The fraction of sp³-hybridized carbons (Fsp3) is 0.625. The van der Waals surface area contributed by atoms with Gasteiger partial charge < -0.3 is 0 Å². The lowest BCUT2D eigenvalue weighted by Crippen LogP contribution is -2.26. The second-order valence-electron chi connectivity index (χ2n) is 6.71. The Balaban J connectivity index is 2.11. The standard InChI is InChI=1S/C16H22N2S3/c1-16(2,3)9-6-7-10-11(8-9)21-14-12(10)13(19-4)17-15(18-14)20-5/h9H,6-8H2,1-5H3. The van der Waals surface area contributed by atoms with Crippen LogP contribution >= 0.6 is 34.9 Å². The number of thiophene rings is 1. The van der Waals surface area contributed by atoms with Crippen LogP contribution in [0.2, 0.25) is 0 Å². The minimum absolute atomic E-state index is 0.395. The van der Waals surface area contributed by atoms with E-state index >= 15 is 0 Å². The van der Waals surface area contributed by atoms with E-state index in [1.807, 2.05) is 11.3 Å². The molecule has 2 aromatic rings. The molecule has 3 rings (SSSR count). The minimum Gasteiger partial charge on any atom is -0.215 e. The first-order chi connectivity index (χ1) is 9.94. The predicted molar refractivity (Wildman–Crippen MR) is 95.9 cm³/mol. The second-order valence-corrected chi connectivity index (χ2v) is 9.36. The van der Waals surface area contributed by atoms with E-state index in [1.54, 1.807) is 28.4 Å². The predicted octanol–water partition coefficient (Wildman–Crippen LogP) is 5.29. The minimum atomic E-state index is 0.395. The summed E-state index contributed by atoms with van der Waals surface area (Å²) in [7, 11) is 0. The molecule has 1 aliphatic rings. The summed E-state index contributed by atoms with van der Waals surface area (Å²) in [6.07, 6.45) is 7.86. The highest BCUT2D eigenvalue weighted by Gasteiger charge is 2.31. The van der Waals surface area contributed by atoms with Crippen LogP contribution in [0.25, 0.3) is 10.2 Å². The first kappa shape index (κ1) is 15.6. The van der Waals surface area contributed by atoms with Crippen molar-refractivity contribution in [2.45, 2.75) is 50.2 Å². The second kappa shape index (κ2) is 5.74. The van der Waals surface area contributed by atoms with Gasteiger partial charge >= 0.3 is 0 Å². The molecule has 2 heterocycles. The Hall–Kier alpha value is -0.260. The summed E-state index contributed by atoms with van der Waals surface area (Å²) >= 11 is 5.29. The van der Waals surface area contributed by atoms with Crippen molar-refractivity contribution < 1.29 is 0 Å². The molecule has 0 N–H and O–H groups in total. The lowest BCUT2D eigenvalue weighted by atomic mass is 9.72. The molecule has 5 heteroatoms. The quantitative estimate of drug-likeness (QED) is 0.422. The Morgan fingerprint density at radius 1 is 1.14 bits per heavy atom. The lowest BCUT2D eigenvalue weighted by Gasteiger charge is -2.33. The van der Waals surface area contributed by atoms with Crippen LogP contribution in [0.5, 0.6) is 0 Å². The van der Waals surface area contributed by atoms with Crippen molar-refractivity contribution in [3.8, 4) is 0 Å². The monoisotopic (exact) mass is 338 g/mol. The highest BCUT2D eigenvalue weighted by Crippen LogP contribution is 2.44. The molecule has 1 atom stereocenters. The first-order valence-electron chi connectivity index (χ1n) is 7.34. The van der Waals surface area contributed by atoms with Gasteiger partial charge in [-0.15, -0.1) is 23.1 Å². The van der Waals surface area contributed by atoms with Gasteiger partial charge in [0.25, 0.3) is 0 Å². The normalized spacial score (nSPS) is 19.0. The van der Waals surface area contributed by atoms with Gasteiger partial charge in [-0.05, 0) is 48.7 Å². The maximum atomic E-state index is 4.75. The van der Waals surface area contributed by atoms with E-state index < -0.39 is 0 Å². The Kier molecular flexibility index (Phi) is 4.27. The van der Waals surface area contributed by atoms with E-state index in [1.165, 1.54) is 35.0 Å². The molecule has 21 heavy (non-hydrogen) atoms. The molecule has 0 radical (unpaired) electrons. The van der Waals surface area contributed by atoms with E-state index in [0.717, 1.165) is 16.1 Å². The number of hydrogen-bond acceptors (Lipinski definition) is 5. The zero-order chi connectivity index (χ0) is 15.2. The summed E-state index contributed by atoms with van der Waals surface area (Å²) < 4.78 is 0. The van der Waals surface area contributed by atoms with Crippen molar-refractivity contribution in [2.24, 2.45) is 11.3 Å². The molecule has 1 unspecified atom stereocenters. The summed E-state index contributed by atoms with van der Waals surface area (Å²) in [5.74, 6) is 0.781. The third-order valence-electron chi connectivity index (χ3n) is 4.46. The Labute approximate surface area is 139 Å². The number of nitrogens with zero attached hydrogens (tertiary/aromatic N) is 2. The van der Waals surface area contributed by atoms with Gasteiger partial charge in [-0.3, -0.25) is 0 Å². The summed E-state index contributed by atoms with van der Waals surface area (Å²) in [5, 5.41) is 3.40. The average molecular weight is 339 g/mol. The van der Waals surface area contributed by atoms with Gasteiger partial charge in [-0.2, -0.15) is 0 Å². The molecule has 1 aliphatic carbocycles. The topological polar surface area (TPSA) is 25.8 Å². The zero-order valence-electron chi connectivity index (χ0n) is 13.3. The molecule has 0 aliphatic heterocycles. The van der Waals surface area contributed by atoms with Crippen LogP contribution in [0, 0.1) is 11.3 Å². The van der Waals surface area contributed by atoms with Crippen LogP contribution in [0.1, 0.15) is 37.6 Å². The van der Waals surface area contributed by atoms with Crippen molar-refractivity contribution in [1.29, 1.82) is 0 Å². The summed E-state index contributed by atoms with van der Waals surface area (Å²) in [6, 6.07) is 0. The van der Waals surface area contributed by atoms with Crippen molar-refractivity contribution in [2.75, 3.05) is 12.5 Å². The van der Waals surface area contributed by atoms with Gasteiger partial charge in [0.15, 0.2) is 5.16 Å². The van der Waals surface area contributed by atoms with Crippen LogP contribution in [0.3, 0.4) is 0 Å². The van der Waals surface area contributed by atoms with Gasteiger partial charge in [-0.1, -0.05) is 32.5 Å². The van der Waals surface area contributed by atoms with Gasteiger partial charge in [-0.25, -0.2) is 9.97 Å². The molecule has 0 fully saturated rings.